The van der Waals surface area contributed by atoms with Gasteiger partial charge in [0.2, 0.25) is 11.3 Å². The summed E-state index contributed by atoms with van der Waals surface area (Å²) < 4.78 is 19.6. The van der Waals surface area contributed by atoms with E-state index in [1.165, 1.54) is 0 Å². The van der Waals surface area contributed by atoms with Crippen molar-refractivity contribution in [2.75, 3.05) is 5.45 Å². The fraction of sp³-hybridized carbons (Fsp3) is 1.00. The normalized spacial score (nSPS) is 14.3. The van der Waals surface area contributed by atoms with Gasteiger partial charge in [0.15, 0.2) is 0 Å². The molecule has 2 N–H and O–H groups in total. The van der Waals surface area contributed by atoms with Crippen LogP contribution in [0, 0.1) is 0 Å². The van der Waals surface area contributed by atoms with E-state index < -0.39 is 11.3 Å². The van der Waals surface area contributed by atoms with Crippen molar-refractivity contribution in [1.29, 1.82) is 0 Å². The fourth-order valence-corrected chi connectivity index (χ4v) is 0.728. The number of rotatable bonds is 2. The summed E-state index contributed by atoms with van der Waals surface area (Å²) in [4.78, 5) is 0. The van der Waals surface area contributed by atoms with Gasteiger partial charge >= 0.3 is 0 Å². The van der Waals surface area contributed by atoms with Crippen LogP contribution in [0.2, 0.25) is 0 Å². The molecule has 0 rings (SSSR count). The van der Waals surface area contributed by atoms with E-state index >= 15 is 0 Å². The quantitative estimate of drug-likeness (QED) is 0.353. The Bertz CT molecular complexity index is 57.5. The highest BCUT2D eigenvalue weighted by Gasteiger charge is 1.81. The first-order chi connectivity index (χ1) is 2.77. The number of alkyl halides is 1. The summed E-state index contributed by atoms with van der Waals surface area (Å²) in [5.74, 6) is 0. The molecule has 0 bridgehead atoms. The molecule has 5 heteroatoms. The molecule has 0 radical (unpaired) electrons. The highest BCUT2D eigenvalue weighted by Crippen LogP contribution is 1.70. The maximum absolute atomic E-state index is 9.57. The van der Waals surface area contributed by atoms with Gasteiger partial charge in [0, 0.05) is 0 Å². The Kier molecular flexibility index (Phi) is 4.07. The molecular formula is CH4BrNO2S. The van der Waals surface area contributed by atoms with Crippen LogP contribution in [0.25, 0.3) is 0 Å². The monoisotopic (exact) mass is 173 g/mol. The van der Waals surface area contributed by atoms with Gasteiger partial charge in [-0.15, -0.1) is 0 Å². The van der Waals surface area contributed by atoms with Gasteiger partial charge in [-0.3, -0.25) is 4.55 Å². The summed E-state index contributed by atoms with van der Waals surface area (Å²) in [6.45, 7) is 0. The molecule has 0 spiro atoms. The highest BCUT2D eigenvalue weighted by molar-refractivity contribution is 9.09. The second-order valence-corrected chi connectivity index (χ2v) is 1.87. The molecule has 0 saturated carbocycles. The Morgan fingerprint density at radius 2 is 2.50 bits per heavy atom. The van der Waals surface area contributed by atoms with Gasteiger partial charge in [-0.25, -0.2) is 8.93 Å². The van der Waals surface area contributed by atoms with Crippen molar-refractivity contribution < 1.29 is 8.76 Å². The van der Waals surface area contributed by atoms with Gasteiger partial charge in [-0.05, 0) is 0 Å². The van der Waals surface area contributed by atoms with E-state index in [4.69, 9.17) is 4.55 Å². The lowest BCUT2D eigenvalue weighted by Crippen LogP contribution is -2.12. The maximum atomic E-state index is 9.57. The highest BCUT2D eigenvalue weighted by atomic mass is 79.9. The average molecular weight is 174 g/mol. The van der Waals surface area contributed by atoms with Crippen molar-refractivity contribution in [3.05, 3.63) is 0 Å². The first-order valence-corrected chi connectivity index (χ1v) is 3.40. The Morgan fingerprint density at radius 1 is 2.00 bits per heavy atom. The summed E-state index contributed by atoms with van der Waals surface area (Å²) in [5.41, 5.74) is 0.343. The minimum absolute atomic E-state index is 0.343. The van der Waals surface area contributed by atoms with Crippen molar-refractivity contribution in [2.45, 2.75) is 0 Å². The third kappa shape index (κ3) is 4.55. The zero-order valence-corrected chi connectivity index (χ0v) is 5.25. The summed E-state index contributed by atoms with van der Waals surface area (Å²) in [5, 5.41) is 0. The molecule has 0 saturated heterocycles. The topological polar surface area (TPSA) is 49.3 Å². The van der Waals surface area contributed by atoms with E-state index in [0.29, 0.717) is 5.45 Å². The van der Waals surface area contributed by atoms with Gasteiger partial charge in [-0.1, -0.05) is 15.9 Å². The predicted octanol–water partition coefficient (Wildman–Crippen LogP) is 0.0651. The first-order valence-electron chi connectivity index (χ1n) is 1.17. The van der Waals surface area contributed by atoms with Gasteiger partial charge < -0.3 is 0 Å². The molecule has 0 fully saturated rings. The lowest BCUT2D eigenvalue weighted by atomic mass is 11.6. The minimum Gasteiger partial charge on any atom is -0.294 e. The molecule has 0 aliphatic carbocycles. The van der Waals surface area contributed by atoms with E-state index in [0.717, 1.165) is 0 Å². The lowest BCUT2D eigenvalue weighted by molar-refractivity contribution is 0.555. The van der Waals surface area contributed by atoms with E-state index in [9.17, 15) is 4.21 Å². The Morgan fingerprint density at radius 3 is 2.50 bits per heavy atom. The molecule has 1 unspecified atom stereocenters. The second-order valence-electron chi connectivity index (χ2n) is 0.527. The van der Waals surface area contributed by atoms with Crippen LogP contribution in [0.3, 0.4) is 0 Å². The summed E-state index contributed by atoms with van der Waals surface area (Å²) >= 11 is 1.02. The van der Waals surface area contributed by atoms with E-state index in [2.05, 4.69) is 20.7 Å². The van der Waals surface area contributed by atoms with Crippen LogP contribution in [-0.4, -0.2) is 14.2 Å². The molecule has 6 heavy (non-hydrogen) atoms. The lowest BCUT2D eigenvalue weighted by Gasteiger charge is -1.84. The van der Waals surface area contributed by atoms with Gasteiger partial charge in [0.1, 0.15) is 0 Å². The molecule has 1 atom stereocenters. The molecule has 0 aliphatic heterocycles. The molecule has 0 aliphatic rings. The van der Waals surface area contributed by atoms with E-state index in [-0.39, 0.29) is 0 Å². The molecule has 0 amide bonds. The SMILES string of the molecule is O=S(O)NCBr. The second kappa shape index (κ2) is 3.73. The third-order valence-electron chi connectivity index (χ3n) is 0.178. The standard InChI is InChI=1S/CH4BrNO2S/c2-1-3-6(4)5/h3H,1H2,(H,4,5). The molecule has 0 heterocycles. The minimum atomic E-state index is -1.86. The largest absolute Gasteiger partial charge is 0.294 e. The summed E-state index contributed by atoms with van der Waals surface area (Å²) in [6.07, 6.45) is 0. The van der Waals surface area contributed by atoms with E-state index in [1.54, 1.807) is 0 Å². The molecule has 0 aromatic heterocycles. The van der Waals surface area contributed by atoms with Crippen LogP contribution in [0.1, 0.15) is 0 Å². The smallest absolute Gasteiger partial charge is 0.232 e. The van der Waals surface area contributed by atoms with Crippen LogP contribution in [-0.2, 0) is 11.3 Å². The number of hydrogen-bond acceptors (Lipinski definition) is 1. The Balaban J connectivity index is 2.83. The van der Waals surface area contributed by atoms with Gasteiger partial charge in [0.05, 0.1) is 5.45 Å². The molecule has 0 aromatic carbocycles. The van der Waals surface area contributed by atoms with Gasteiger partial charge in [0.25, 0.3) is 0 Å². The summed E-state index contributed by atoms with van der Waals surface area (Å²) in [6, 6.07) is 0. The van der Waals surface area contributed by atoms with Crippen LogP contribution in [0.5, 0.6) is 0 Å². The number of halogens is 1. The van der Waals surface area contributed by atoms with Crippen molar-refractivity contribution in [2.24, 2.45) is 0 Å². The molecule has 38 valence electrons. The molecule has 3 nitrogen and oxygen atoms in total. The first kappa shape index (κ1) is 6.55. The van der Waals surface area contributed by atoms with Gasteiger partial charge in [-0.2, -0.15) is 0 Å². The Labute approximate surface area is 46.7 Å². The van der Waals surface area contributed by atoms with Crippen molar-refractivity contribution in [1.82, 2.24) is 4.72 Å². The summed E-state index contributed by atoms with van der Waals surface area (Å²) in [7, 11) is 0. The number of hydrogen-bond donors (Lipinski definition) is 2. The molecule has 0 aromatic rings. The van der Waals surface area contributed by atoms with Crippen molar-refractivity contribution >= 4 is 27.2 Å². The van der Waals surface area contributed by atoms with Crippen LogP contribution in [0.15, 0.2) is 0 Å². The fourth-order valence-electron chi connectivity index (χ4n) is 0.0467. The Hall–Kier alpha value is 0.550. The third-order valence-corrected chi connectivity index (χ3v) is 1.22. The zero-order chi connectivity index (χ0) is 4.99. The van der Waals surface area contributed by atoms with Crippen molar-refractivity contribution in [3.8, 4) is 0 Å². The predicted molar refractivity (Wildman–Crippen MR) is 27.7 cm³/mol. The van der Waals surface area contributed by atoms with Crippen LogP contribution >= 0.6 is 15.9 Å². The van der Waals surface area contributed by atoms with Crippen molar-refractivity contribution in [3.63, 3.8) is 0 Å². The average Bonchev–Trinajstić information content (AvgIpc) is 1.35. The van der Waals surface area contributed by atoms with E-state index in [1.807, 2.05) is 0 Å². The number of nitrogens with one attached hydrogen (secondary N) is 1. The molecular weight excluding hydrogens is 170 g/mol. The van der Waals surface area contributed by atoms with Crippen LogP contribution in [0.4, 0.5) is 0 Å². The zero-order valence-electron chi connectivity index (χ0n) is 2.85. The van der Waals surface area contributed by atoms with Crippen LogP contribution < -0.4 is 4.72 Å². The maximum Gasteiger partial charge on any atom is 0.232 e.